The van der Waals surface area contributed by atoms with Gasteiger partial charge in [0.15, 0.2) is 9.73 Å². The number of halogens is 6. The van der Waals surface area contributed by atoms with Crippen LogP contribution < -0.4 is 0 Å². The number of nitriles is 1. The summed E-state index contributed by atoms with van der Waals surface area (Å²) in [6.07, 6.45) is 0. The fourth-order valence-corrected chi connectivity index (χ4v) is 4.31. The van der Waals surface area contributed by atoms with Crippen molar-refractivity contribution in [2.24, 2.45) is 3.77 Å². The van der Waals surface area contributed by atoms with Crippen molar-refractivity contribution in [2.45, 2.75) is 28.8 Å². The van der Waals surface area contributed by atoms with Gasteiger partial charge in [-0.05, 0) is 24.6 Å². The molecule has 24 heavy (non-hydrogen) atoms. The Morgan fingerprint density at radius 3 is 1.79 bits per heavy atom. The van der Waals surface area contributed by atoms with Gasteiger partial charge in [-0.15, -0.1) is 0 Å². The van der Waals surface area contributed by atoms with Gasteiger partial charge in [-0.2, -0.15) is 40.0 Å². The summed E-state index contributed by atoms with van der Waals surface area (Å²) in [6, 6.07) is 4.65. The molecule has 0 heterocycles. The van der Waals surface area contributed by atoms with Crippen LogP contribution in [0.1, 0.15) is 18.4 Å². The number of sulfonamides is 1. The molecule has 0 amide bonds. The molecule has 0 spiro atoms. The molecular weight excluding hydrogens is 386 g/mol. The van der Waals surface area contributed by atoms with Crippen molar-refractivity contribution in [3.8, 4) is 6.07 Å². The second kappa shape index (κ2) is 6.25. The lowest BCUT2D eigenvalue weighted by atomic mass is 10.0. The highest BCUT2D eigenvalue weighted by Crippen LogP contribution is 2.36. The first-order chi connectivity index (χ1) is 10.7. The third-order valence-electron chi connectivity index (χ3n) is 2.70. The summed E-state index contributed by atoms with van der Waals surface area (Å²) >= 11 is 0. The molecule has 0 aliphatic carbocycles. The second-order valence-corrected chi connectivity index (χ2v) is 8.38. The molecule has 2 unspecified atom stereocenters. The Bertz CT molecular complexity index is 872. The number of alkyl halides is 6. The molecule has 1 aromatic rings. The molecule has 0 radical (unpaired) electrons. The molecule has 0 aliphatic rings. The highest BCUT2D eigenvalue weighted by Gasteiger charge is 2.52. The van der Waals surface area contributed by atoms with E-state index in [1.54, 1.807) is 9.84 Å². The monoisotopic (exact) mass is 394 g/mol. The highest BCUT2D eigenvalue weighted by molar-refractivity contribution is 8.04. The van der Waals surface area contributed by atoms with Crippen LogP contribution >= 0.6 is 0 Å². The van der Waals surface area contributed by atoms with E-state index in [1.807, 2.05) is 0 Å². The zero-order valence-corrected chi connectivity index (χ0v) is 13.2. The van der Waals surface area contributed by atoms with E-state index in [-0.39, 0.29) is 5.56 Å². The second-order valence-electron chi connectivity index (χ2n) is 4.39. The minimum atomic E-state index is -6.64. The maximum atomic E-state index is 13.0. The third kappa shape index (κ3) is 3.81. The van der Waals surface area contributed by atoms with Gasteiger partial charge in [0, 0.05) is 0 Å². The molecule has 0 bridgehead atoms. The average Bonchev–Trinajstić information content (AvgIpc) is 2.43. The van der Waals surface area contributed by atoms with Gasteiger partial charge in [-0.25, -0.2) is 4.21 Å². The minimum absolute atomic E-state index is 0.198. The quantitative estimate of drug-likeness (QED) is 0.734. The van der Waals surface area contributed by atoms with Crippen molar-refractivity contribution in [2.75, 3.05) is 0 Å². The van der Waals surface area contributed by atoms with Gasteiger partial charge >= 0.3 is 21.0 Å². The van der Waals surface area contributed by atoms with E-state index < -0.39 is 41.6 Å². The van der Waals surface area contributed by atoms with Crippen LogP contribution in [0.2, 0.25) is 0 Å². The maximum absolute atomic E-state index is 13.0. The number of nitrogens with zero attached hydrogens (tertiary/aromatic N) is 2. The molecular formula is C11H8F6N2O3S2. The lowest BCUT2D eigenvalue weighted by molar-refractivity contribution is -0.0442. The molecule has 1 aromatic carbocycles. The summed E-state index contributed by atoms with van der Waals surface area (Å²) in [5, 5.41) is 8.68. The standard InChI is InChI=1S/C11H8F6N2O3S2/c1-7(6-18)8-2-4-9(5-3-8)23(20,10(12,13)14)19-24(21,22)11(15,16)17/h2-5,7H,1H3. The SMILES string of the molecule is CC(C#N)c1ccc(S(=O)(=NS(=O)(=O)C(F)(F)F)C(F)(F)F)cc1. The normalized spacial score (nSPS) is 16.8. The van der Waals surface area contributed by atoms with Crippen LogP contribution in [0, 0.1) is 11.3 Å². The summed E-state index contributed by atoms with van der Waals surface area (Å²) in [5.74, 6) is -0.753. The number of benzene rings is 1. The Labute approximate surface area is 133 Å². The summed E-state index contributed by atoms with van der Waals surface area (Å²) in [6.45, 7) is 1.40. The van der Waals surface area contributed by atoms with E-state index >= 15 is 0 Å². The van der Waals surface area contributed by atoms with Crippen LogP contribution in [0.5, 0.6) is 0 Å². The van der Waals surface area contributed by atoms with Crippen molar-refractivity contribution >= 4 is 19.8 Å². The van der Waals surface area contributed by atoms with E-state index in [2.05, 4.69) is 0 Å². The molecule has 134 valence electrons. The van der Waals surface area contributed by atoms with E-state index in [0.717, 1.165) is 12.1 Å². The van der Waals surface area contributed by atoms with Crippen molar-refractivity contribution in [1.29, 1.82) is 5.26 Å². The molecule has 13 heteroatoms. The van der Waals surface area contributed by atoms with Crippen molar-refractivity contribution in [3.05, 3.63) is 29.8 Å². The van der Waals surface area contributed by atoms with Gasteiger partial charge < -0.3 is 0 Å². The Balaban J connectivity index is 3.68. The lowest BCUT2D eigenvalue weighted by Gasteiger charge is -2.15. The maximum Gasteiger partial charge on any atom is 0.519 e. The third-order valence-corrected chi connectivity index (χ3v) is 6.45. The van der Waals surface area contributed by atoms with Gasteiger partial charge in [0.25, 0.3) is 0 Å². The molecule has 0 saturated carbocycles. The molecule has 0 aliphatic heterocycles. The van der Waals surface area contributed by atoms with Crippen molar-refractivity contribution in [1.82, 2.24) is 0 Å². The Hall–Kier alpha value is -1.81. The van der Waals surface area contributed by atoms with Crippen LogP contribution in [-0.2, 0) is 19.8 Å². The Kier molecular flexibility index (Phi) is 5.27. The summed E-state index contributed by atoms with van der Waals surface area (Å²) in [4.78, 5) is -1.27. The van der Waals surface area contributed by atoms with E-state index in [9.17, 15) is 39.0 Å². The molecule has 0 aromatic heterocycles. The van der Waals surface area contributed by atoms with Crippen LogP contribution in [-0.4, -0.2) is 23.6 Å². The fraction of sp³-hybridized carbons (Fsp3) is 0.364. The molecule has 0 N–H and O–H groups in total. The van der Waals surface area contributed by atoms with Crippen LogP contribution in [0.4, 0.5) is 26.3 Å². The molecule has 5 nitrogen and oxygen atoms in total. The largest absolute Gasteiger partial charge is 0.519 e. The zero-order chi connectivity index (χ0) is 19.0. The molecule has 2 atom stereocenters. The average molecular weight is 394 g/mol. The summed E-state index contributed by atoms with van der Waals surface area (Å²) in [7, 11) is -12.6. The van der Waals surface area contributed by atoms with Gasteiger partial charge in [0.05, 0.1) is 16.9 Å². The molecule has 0 saturated heterocycles. The van der Waals surface area contributed by atoms with Crippen LogP contribution in [0.15, 0.2) is 32.9 Å². The summed E-state index contributed by atoms with van der Waals surface area (Å²) < 4.78 is 111. The number of hydrogen-bond acceptors (Lipinski definition) is 4. The molecule has 0 fully saturated rings. The van der Waals surface area contributed by atoms with E-state index in [1.165, 1.54) is 6.92 Å². The van der Waals surface area contributed by atoms with Crippen LogP contribution in [0.25, 0.3) is 0 Å². The first-order valence-corrected chi connectivity index (χ1v) is 8.77. The van der Waals surface area contributed by atoms with Gasteiger partial charge in [-0.1, -0.05) is 15.9 Å². The highest BCUT2D eigenvalue weighted by atomic mass is 32.3. The first kappa shape index (κ1) is 20.2. The van der Waals surface area contributed by atoms with E-state index in [0.29, 0.717) is 12.1 Å². The molecule has 1 rings (SSSR count). The van der Waals surface area contributed by atoms with Crippen LogP contribution in [0.3, 0.4) is 0 Å². The minimum Gasteiger partial charge on any atom is -0.235 e. The predicted octanol–water partition coefficient (Wildman–Crippen LogP) is 3.51. The first-order valence-electron chi connectivity index (χ1n) is 5.81. The topological polar surface area (TPSA) is 87.4 Å². The lowest BCUT2D eigenvalue weighted by Crippen LogP contribution is -2.28. The zero-order valence-electron chi connectivity index (χ0n) is 11.6. The van der Waals surface area contributed by atoms with Crippen molar-refractivity contribution in [3.63, 3.8) is 0 Å². The summed E-state index contributed by atoms with van der Waals surface area (Å²) in [5.41, 5.74) is -11.8. The van der Waals surface area contributed by atoms with E-state index in [4.69, 9.17) is 5.26 Å². The Morgan fingerprint density at radius 2 is 1.46 bits per heavy atom. The van der Waals surface area contributed by atoms with Gasteiger partial charge in [0.2, 0.25) is 0 Å². The van der Waals surface area contributed by atoms with Crippen molar-refractivity contribution < 1.29 is 39.0 Å². The number of hydrogen-bond donors (Lipinski definition) is 0. The smallest absolute Gasteiger partial charge is 0.235 e. The predicted molar refractivity (Wildman–Crippen MR) is 70.3 cm³/mol. The number of rotatable bonds is 3. The van der Waals surface area contributed by atoms with Gasteiger partial charge in [0.1, 0.15) is 0 Å². The Morgan fingerprint density at radius 1 is 1.00 bits per heavy atom. The van der Waals surface area contributed by atoms with Gasteiger partial charge in [-0.3, -0.25) is 0 Å². The fourth-order valence-electron chi connectivity index (χ4n) is 1.41.